The zero-order valence-corrected chi connectivity index (χ0v) is 7.64. The molecule has 0 aromatic rings. The van der Waals surface area contributed by atoms with Crippen LogP contribution in [0.25, 0.3) is 0 Å². The fourth-order valence-corrected chi connectivity index (χ4v) is 0.981. The fourth-order valence-electron chi connectivity index (χ4n) is 0.981. The lowest BCUT2D eigenvalue weighted by molar-refractivity contribution is 0.318. The highest BCUT2D eigenvalue weighted by molar-refractivity contribution is 4.60. The van der Waals surface area contributed by atoms with Crippen molar-refractivity contribution in [3.63, 3.8) is 0 Å². The molecule has 1 fully saturated rings. The van der Waals surface area contributed by atoms with E-state index in [0.717, 1.165) is 6.54 Å². The van der Waals surface area contributed by atoms with Crippen molar-refractivity contribution in [2.45, 2.75) is 13.3 Å². The van der Waals surface area contributed by atoms with Crippen molar-refractivity contribution in [1.82, 2.24) is 10.2 Å². The topological polar surface area (TPSA) is 35.5 Å². The van der Waals surface area contributed by atoms with Crippen molar-refractivity contribution in [2.75, 3.05) is 39.8 Å². The molecule has 68 valence electrons. The Hall–Kier alpha value is -0.120. The van der Waals surface area contributed by atoms with Gasteiger partial charge in [0.2, 0.25) is 0 Å². The molecule has 0 spiro atoms. The van der Waals surface area contributed by atoms with Gasteiger partial charge in [-0.25, -0.2) is 0 Å². The van der Waals surface area contributed by atoms with Gasteiger partial charge in [0.1, 0.15) is 0 Å². The molecule has 0 amide bonds. The zero-order chi connectivity index (χ0) is 8.53. The first kappa shape index (κ1) is 10.9. The highest BCUT2D eigenvalue weighted by Crippen LogP contribution is 1.88. The molecular weight excluding hydrogens is 140 g/mol. The van der Waals surface area contributed by atoms with E-state index in [0.29, 0.717) is 0 Å². The van der Waals surface area contributed by atoms with Crippen LogP contribution in [-0.2, 0) is 0 Å². The Kier molecular flexibility index (Phi) is 7.89. The number of rotatable bonds is 0. The second kappa shape index (κ2) is 7.98. The van der Waals surface area contributed by atoms with E-state index >= 15 is 0 Å². The van der Waals surface area contributed by atoms with Crippen LogP contribution in [0.15, 0.2) is 0 Å². The van der Waals surface area contributed by atoms with Gasteiger partial charge in [-0.1, -0.05) is 0 Å². The third-order valence-corrected chi connectivity index (χ3v) is 1.56. The Labute approximate surface area is 69.4 Å². The average molecular weight is 160 g/mol. The van der Waals surface area contributed by atoms with Crippen LogP contribution in [0.1, 0.15) is 13.3 Å². The van der Waals surface area contributed by atoms with Crippen molar-refractivity contribution in [3.05, 3.63) is 0 Å². The maximum absolute atomic E-state index is 7.57. The van der Waals surface area contributed by atoms with E-state index in [-0.39, 0.29) is 6.61 Å². The Morgan fingerprint density at radius 1 is 1.36 bits per heavy atom. The van der Waals surface area contributed by atoms with Crippen LogP contribution in [0.2, 0.25) is 0 Å². The standard InChI is InChI=1S/C6H14N2.C2H6O/c1-8-5-2-3-7-4-6-8;1-2-3/h7H,2-6H2,1H3;3H,2H2,1H3. The summed E-state index contributed by atoms with van der Waals surface area (Å²) in [6.45, 7) is 6.76. The smallest absolute Gasteiger partial charge is 0.0402 e. The second-order valence-electron chi connectivity index (χ2n) is 2.72. The lowest BCUT2D eigenvalue weighted by Crippen LogP contribution is -2.23. The number of nitrogens with zero attached hydrogens (tertiary/aromatic N) is 1. The first-order valence-corrected chi connectivity index (χ1v) is 4.31. The van der Waals surface area contributed by atoms with Crippen LogP contribution >= 0.6 is 0 Å². The molecular formula is C8H20N2O. The van der Waals surface area contributed by atoms with Crippen LogP contribution in [-0.4, -0.2) is 49.8 Å². The first-order chi connectivity index (χ1) is 5.31. The summed E-state index contributed by atoms with van der Waals surface area (Å²) in [4.78, 5) is 2.36. The van der Waals surface area contributed by atoms with Gasteiger partial charge >= 0.3 is 0 Å². The third-order valence-electron chi connectivity index (χ3n) is 1.56. The molecule has 0 aromatic carbocycles. The van der Waals surface area contributed by atoms with E-state index in [1.165, 1.54) is 26.1 Å². The van der Waals surface area contributed by atoms with Crippen LogP contribution < -0.4 is 5.32 Å². The molecule has 0 radical (unpaired) electrons. The third kappa shape index (κ3) is 7.78. The predicted molar refractivity (Wildman–Crippen MR) is 47.7 cm³/mol. The number of nitrogens with one attached hydrogen (secondary N) is 1. The molecule has 0 aliphatic carbocycles. The molecule has 3 nitrogen and oxygen atoms in total. The molecule has 1 saturated heterocycles. The van der Waals surface area contributed by atoms with Gasteiger partial charge in [0.05, 0.1) is 0 Å². The Bertz CT molecular complexity index is 70.5. The van der Waals surface area contributed by atoms with Crippen LogP contribution in [0.4, 0.5) is 0 Å². The summed E-state index contributed by atoms with van der Waals surface area (Å²) in [5, 5.41) is 10.9. The van der Waals surface area contributed by atoms with Crippen LogP contribution in [0, 0.1) is 0 Å². The van der Waals surface area contributed by atoms with E-state index < -0.39 is 0 Å². The molecule has 2 N–H and O–H groups in total. The van der Waals surface area contributed by atoms with Crippen molar-refractivity contribution >= 4 is 0 Å². The van der Waals surface area contributed by atoms with Gasteiger partial charge in [-0.15, -0.1) is 0 Å². The molecule has 11 heavy (non-hydrogen) atoms. The van der Waals surface area contributed by atoms with Crippen molar-refractivity contribution in [1.29, 1.82) is 0 Å². The number of hydrogen-bond donors (Lipinski definition) is 2. The van der Waals surface area contributed by atoms with E-state index in [9.17, 15) is 0 Å². The maximum Gasteiger partial charge on any atom is 0.0402 e. The molecule has 0 atom stereocenters. The summed E-state index contributed by atoms with van der Waals surface area (Å²) >= 11 is 0. The number of hydrogen-bond acceptors (Lipinski definition) is 3. The summed E-state index contributed by atoms with van der Waals surface area (Å²) in [6.07, 6.45) is 1.30. The first-order valence-electron chi connectivity index (χ1n) is 4.31. The van der Waals surface area contributed by atoms with Gasteiger partial charge in [0.25, 0.3) is 0 Å². The summed E-state index contributed by atoms with van der Waals surface area (Å²) in [5.74, 6) is 0. The predicted octanol–water partition coefficient (Wildman–Crippen LogP) is -0.0899. The van der Waals surface area contributed by atoms with Gasteiger partial charge in [-0.05, 0) is 33.5 Å². The van der Waals surface area contributed by atoms with Crippen molar-refractivity contribution in [2.24, 2.45) is 0 Å². The summed E-state index contributed by atoms with van der Waals surface area (Å²) in [6, 6.07) is 0. The van der Waals surface area contributed by atoms with Gasteiger partial charge in [-0.3, -0.25) is 0 Å². The van der Waals surface area contributed by atoms with Crippen LogP contribution in [0.5, 0.6) is 0 Å². The highest BCUT2D eigenvalue weighted by atomic mass is 16.2. The number of aliphatic hydroxyl groups excluding tert-OH is 1. The van der Waals surface area contributed by atoms with Gasteiger partial charge < -0.3 is 15.3 Å². The minimum absolute atomic E-state index is 0.250. The molecule has 1 heterocycles. The molecule has 0 saturated carbocycles. The van der Waals surface area contributed by atoms with E-state index in [1.54, 1.807) is 6.92 Å². The Morgan fingerprint density at radius 2 is 2.00 bits per heavy atom. The van der Waals surface area contributed by atoms with E-state index in [4.69, 9.17) is 5.11 Å². The molecule has 0 aromatic heterocycles. The lowest BCUT2D eigenvalue weighted by Gasteiger charge is -2.09. The van der Waals surface area contributed by atoms with Gasteiger partial charge in [-0.2, -0.15) is 0 Å². The lowest BCUT2D eigenvalue weighted by atomic mass is 10.4. The number of likely N-dealkylation sites (N-methyl/N-ethyl adjacent to an activating group) is 1. The van der Waals surface area contributed by atoms with E-state index in [2.05, 4.69) is 17.3 Å². The summed E-state index contributed by atoms with van der Waals surface area (Å²) in [7, 11) is 2.17. The molecule has 0 bridgehead atoms. The van der Waals surface area contributed by atoms with E-state index in [1.807, 2.05) is 0 Å². The highest BCUT2D eigenvalue weighted by Gasteiger charge is 2.00. The zero-order valence-electron chi connectivity index (χ0n) is 7.64. The molecule has 1 aliphatic heterocycles. The largest absolute Gasteiger partial charge is 0.397 e. The number of aliphatic hydroxyl groups is 1. The van der Waals surface area contributed by atoms with Crippen molar-refractivity contribution in [3.8, 4) is 0 Å². The molecule has 0 unspecified atom stereocenters. The monoisotopic (exact) mass is 160 g/mol. The van der Waals surface area contributed by atoms with Crippen LogP contribution in [0.3, 0.4) is 0 Å². The molecule has 1 rings (SSSR count). The Morgan fingerprint density at radius 3 is 2.64 bits per heavy atom. The molecule has 1 aliphatic rings. The minimum Gasteiger partial charge on any atom is -0.397 e. The fraction of sp³-hybridized carbons (Fsp3) is 1.00. The quantitative estimate of drug-likeness (QED) is 0.520. The minimum atomic E-state index is 0.250. The summed E-state index contributed by atoms with van der Waals surface area (Å²) < 4.78 is 0. The summed E-state index contributed by atoms with van der Waals surface area (Å²) in [5.41, 5.74) is 0. The SMILES string of the molecule is CCO.CN1CCCNCC1. The molecule has 3 heteroatoms. The van der Waals surface area contributed by atoms with Gasteiger partial charge in [0.15, 0.2) is 0 Å². The average Bonchev–Trinajstić information content (AvgIpc) is 2.18. The normalized spacial score (nSPS) is 19.9. The van der Waals surface area contributed by atoms with Gasteiger partial charge in [0, 0.05) is 19.7 Å². The second-order valence-corrected chi connectivity index (χ2v) is 2.72. The van der Waals surface area contributed by atoms with Crippen molar-refractivity contribution < 1.29 is 5.11 Å². The Balaban J connectivity index is 0.000000292. The maximum atomic E-state index is 7.57.